The van der Waals surface area contributed by atoms with Crippen LogP contribution in [-0.4, -0.2) is 19.7 Å². The first kappa shape index (κ1) is 11.2. The second kappa shape index (κ2) is 4.42. The van der Waals surface area contributed by atoms with Crippen molar-refractivity contribution in [2.75, 3.05) is 0 Å². The number of fused-ring (bicyclic) bond motifs is 1. The summed E-state index contributed by atoms with van der Waals surface area (Å²) in [5.74, 6) is 0.833. The molecule has 0 aliphatic rings. The summed E-state index contributed by atoms with van der Waals surface area (Å²) in [6, 6.07) is 11.4. The molecule has 0 bridgehead atoms. The molecular weight excluding hydrogens is 294 g/mol. The van der Waals surface area contributed by atoms with Crippen LogP contribution >= 0.6 is 15.9 Å². The maximum Gasteiger partial charge on any atom is 0.197 e. The van der Waals surface area contributed by atoms with Crippen molar-refractivity contribution in [2.45, 2.75) is 6.42 Å². The van der Waals surface area contributed by atoms with Gasteiger partial charge in [0.05, 0.1) is 0 Å². The van der Waals surface area contributed by atoms with E-state index < -0.39 is 0 Å². The number of nitrogens with zero attached hydrogens (tertiary/aromatic N) is 3. The van der Waals surface area contributed by atoms with Gasteiger partial charge in [0.25, 0.3) is 0 Å². The molecule has 0 saturated heterocycles. The van der Waals surface area contributed by atoms with Gasteiger partial charge in [0.1, 0.15) is 0 Å². The molecule has 0 unspecified atom stereocenters. The predicted octanol–water partition coefficient (Wildman–Crippen LogP) is 2.79. The minimum Gasteiger partial charge on any atom is -0.504 e. The molecule has 5 heteroatoms. The molecule has 0 spiro atoms. The minimum absolute atomic E-state index is 0.144. The van der Waals surface area contributed by atoms with Gasteiger partial charge in [-0.2, -0.15) is 5.10 Å². The summed E-state index contributed by atoms with van der Waals surface area (Å²) in [4.78, 5) is 4.32. The highest BCUT2D eigenvalue weighted by atomic mass is 79.9. The van der Waals surface area contributed by atoms with Gasteiger partial charge in [-0.05, 0) is 29.8 Å². The van der Waals surface area contributed by atoms with Crippen molar-refractivity contribution in [1.82, 2.24) is 14.6 Å². The van der Waals surface area contributed by atoms with Gasteiger partial charge in [-0.25, -0.2) is 9.50 Å². The van der Waals surface area contributed by atoms with E-state index in [1.54, 1.807) is 22.8 Å². The highest BCUT2D eigenvalue weighted by Gasteiger charge is 2.07. The fourth-order valence-corrected chi connectivity index (χ4v) is 2.29. The second-order valence-corrected chi connectivity index (χ2v) is 4.91. The van der Waals surface area contributed by atoms with Crippen molar-refractivity contribution in [1.29, 1.82) is 0 Å². The van der Waals surface area contributed by atoms with Crippen LogP contribution in [0.25, 0.3) is 5.65 Å². The largest absolute Gasteiger partial charge is 0.504 e. The van der Waals surface area contributed by atoms with Gasteiger partial charge in [0.2, 0.25) is 0 Å². The molecule has 90 valence electrons. The third-order valence-electron chi connectivity index (χ3n) is 2.64. The monoisotopic (exact) mass is 303 g/mol. The highest BCUT2D eigenvalue weighted by molar-refractivity contribution is 9.10. The number of aromatic nitrogens is 3. The average Bonchev–Trinajstić information content (AvgIpc) is 2.73. The van der Waals surface area contributed by atoms with Crippen LogP contribution in [0.3, 0.4) is 0 Å². The average molecular weight is 304 g/mol. The van der Waals surface area contributed by atoms with Crippen molar-refractivity contribution < 1.29 is 5.11 Å². The molecule has 0 saturated carbocycles. The van der Waals surface area contributed by atoms with Crippen LogP contribution in [-0.2, 0) is 6.42 Å². The summed E-state index contributed by atoms with van der Waals surface area (Å²) < 4.78 is 2.62. The number of halogens is 1. The van der Waals surface area contributed by atoms with E-state index >= 15 is 0 Å². The molecule has 1 aromatic carbocycles. The van der Waals surface area contributed by atoms with E-state index in [1.807, 2.05) is 24.3 Å². The lowest BCUT2D eigenvalue weighted by Gasteiger charge is -1.97. The maximum absolute atomic E-state index is 9.66. The van der Waals surface area contributed by atoms with Crippen LogP contribution in [0.5, 0.6) is 5.75 Å². The Morgan fingerprint density at radius 2 is 2.11 bits per heavy atom. The van der Waals surface area contributed by atoms with E-state index in [1.165, 1.54) is 0 Å². The molecule has 18 heavy (non-hydrogen) atoms. The number of benzene rings is 1. The molecule has 0 aliphatic carbocycles. The van der Waals surface area contributed by atoms with Crippen LogP contribution < -0.4 is 0 Å². The molecule has 0 aliphatic heterocycles. The number of pyridine rings is 1. The van der Waals surface area contributed by atoms with Gasteiger partial charge in [-0.3, -0.25) is 0 Å². The van der Waals surface area contributed by atoms with E-state index in [2.05, 4.69) is 26.0 Å². The molecule has 0 radical (unpaired) electrons. The molecule has 1 N–H and O–H groups in total. The van der Waals surface area contributed by atoms with Gasteiger partial charge in [-0.1, -0.05) is 28.1 Å². The Bertz CT molecular complexity index is 708. The smallest absolute Gasteiger partial charge is 0.197 e. The quantitative estimate of drug-likeness (QED) is 0.792. The summed E-state index contributed by atoms with van der Waals surface area (Å²) >= 11 is 3.44. The molecule has 0 amide bonds. The van der Waals surface area contributed by atoms with Crippen LogP contribution in [0.2, 0.25) is 0 Å². The van der Waals surface area contributed by atoms with Crippen molar-refractivity contribution in [3.63, 3.8) is 0 Å². The van der Waals surface area contributed by atoms with Crippen molar-refractivity contribution in [3.8, 4) is 5.75 Å². The standard InChI is InChI=1S/C13H10BrN3O/c14-10-4-1-3-9(7-10)8-12-15-13-11(18)5-2-6-17(13)16-12/h1-7,18H,8H2. The Labute approximate surface area is 112 Å². The summed E-state index contributed by atoms with van der Waals surface area (Å²) in [5.41, 5.74) is 1.61. The normalized spacial score (nSPS) is 10.9. The maximum atomic E-state index is 9.66. The Balaban J connectivity index is 1.98. The SMILES string of the molecule is Oc1cccn2nc(Cc3cccc(Br)c3)nc12. The lowest BCUT2D eigenvalue weighted by Crippen LogP contribution is -1.91. The lowest BCUT2D eigenvalue weighted by molar-refractivity contribution is 0.477. The van der Waals surface area contributed by atoms with Gasteiger partial charge >= 0.3 is 0 Å². The Morgan fingerprint density at radius 3 is 2.89 bits per heavy atom. The molecule has 0 atom stereocenters. The highest BCUT2D eigenvalue weighted by Crippen LogP contribution is 2.17. The van der Waals surface area contributed by atoms with E-state index in [0.29, 0.717) is 17.9 Å². The van der Waals surface area contributed by atoms with Crippen LogP contribution in [0, 0.1) is 0 Å². The molecule has 2 aromatic heterocycles. The summed E-state index contributed by atoms with van der Waals surface area (Å²) in [6.45, 7) is 0. The second-order valence-electron chi connectivity index (χ2n) is 4.00. The van der Waals surface area contributed by atoms with Crippen molar-refractivity contribution in [3.05, 3.63) is 58.5 Å². The number of aromatic hydroxyl groups is 1. The molecule has 2 heterocycles. The van der Waals surface area contributed by atoms with E-state index in [0.717, 1.165) is 10.0 Å². The lowest BCUT2D eigenvalue weighted by atomic mass is 10.1. The molecule has 0 fully saturated rings. The first-order valence-electron chi connectivity index (χ1n) is 5.50. The molecule has 4 nitrogen and oxygen atoms in total. The van der Waals surface area contributed by atoms with Crippen LogP contribution in [0.1, 0.15) is 11.4 Å². The van der Waals surface area contributed by atoms with Gasteiger partial charge in [-0.15, -0.1) is 0 Å². The predicted molar refractivity (Wildman–Crippen MR) is 71.6 cm³/mol. The van der Waals surface area contributed by atoms with Crippen molar-refractivity contribution >= 4 is 21.6 Å². The van der Waals surface area contributed by atoms with Gasteiger partial charge in [0, 0.05) is 17.1 Å². The summed E-state index contributed by atoms with van der Waals surface area (Å²) in [7, 11) is 0. The first-order valence-corrected chi connectivity index (χ1v) is 6.29. The fourth-order valence-electron chi connectivity index (χ4n) is 1.84. The topological polar surface area (TPSA) is 50.4 Å². The Hall–Kier alpha value is -1.88. The molecular formula is C13H10BrN3O. The number of hydrogen-bond donors (Lipinski definition) is 1. The minimum atomic E-state index is 0.144. The number of rotatable bonds is 2. The number of hydrogen-bond acceptors (Lipinski definition) is 3. The van der Waals surface area contributed by atoms with Crippen LogP contribution in [0.15, 0.2) is 47.1 Å². The van der Waals surface area contributed by atoms with E-state index in [-0.39, 0.29) is 5.75 Å². The Morgan fingerprint density at radius 1 is 1.22 bits per heavy atom. The summed E-state index contributed by atoms with van der Waals surface area (Å²) in [5, 5.41) is 14.0. The van der Waals surface area contributed by atoms with Crippen molar-refractivity contribution in [2.24, 2.45) is 0 Å². The Kier molecular flexibility index (Phi) is 2.76. The van der Waals surface area contributed by atoms with Gasteiger partial charge in [0.15, 0.2) is 17.2 Å². The zero-order chi connectivity index (χ0) is 12.5. The first-order chi connectivity index (χ1) is 8.72. The van der Waals surface area contributed by atoms with E-state index in [4.69, 9.17) is 0 Å². The van der Waals surface area contributed by atoms with Crippen LogP contribution in [0.4, 0.5) is 0 Å². The fraction of sp³-hybridized carbons (Fsp3) is 0.0769. The third kappa shape index (κ3) is 2.09. The summed E-state index contributed by atoms with van der Waals surface area (Å²) in [6.07, 6.45) is 2.41. The van der Waals surface area contributed by atoms with Gasteiger partial charge < -0.3 is 5.11 Å². The third-order valence-corrected chi connectivity index (χ3v) is 3.13. The van der Waals surface area contributed by atoms with E-state index in [9.17, 15) is 5.11 Å². The molecule has 3 rings (SSSR count). The zero-order valence-electron chi connectivity index (χ0n) is 9.42. The molecule has 3 aromatic rings. The zero-order valence-corrected chi connectivity index (χ0v) is 11.0.